The molecule has 7 nitrogen and oxygen atoms in total. The number of nitrogens with one attached hydrogen (secondary N) is 1. The van der Waals surface area contributed by atoms with E-state index in [0.717, 1.165) is 23.8 Å². The van der Waals surface area contributed by atoms with Crippen LogP contribution in [-0.4, -0.2) is 23.4 Å². The number of nitrogen functional groups attached to an aromatic ring is 1. The monoisotopic (exact) mass is 553 g/mol. The first-order valence-corrected chi connectivity index (χ1v) is 13.4. The second-order valence-corrected chi connectivity index (χ2v) is 10.8. The Morgan fingerprint density at radius 2 is 1.63 bits per heavy atom. The van der Waals surface area contributed by atoms with Crippen LogP contribution < -0.4 is 10.5 Å². The Hall–Kier alpha value is -4.29. The average Bonchev–Trinajstić information content (AvgIpc) is 3.30. The Bertz CT molecular complexity index is 1750. The summed E-state index contributed by atoms with van der Waals surface area (Å²) in [5, 5.41) is 0.557. The van der Waals surface area contributed by atoms with E-state index in [9.17, 15) is 17.2 Å². The maximum atomic E-state index is 15.8. The van der Waals surface area contributed by atoms with Crippen LogP contribution in [0.4, 0.5) is 24.8 Å². The summed E-state index contributed by atoms with van der Waals surface area (Å²) in [6, 6.07) is 16.5. The van der Waals surface area contributed by atoms with E-state index in [1.807, 2.05) is 35.1 Å². The molecule has 0 spiro atoms. The number of anilines is 2. The molecule has 0 fully saturated rings. The minimum Gasteiger partial charge on any atom is -0.368 e. The summed E-state index contributed by atoms with van der Waals surface area (Å²) in [4.78, 5) is 12.0. The van der Waals surface area contributed by atoms with Gasteiger partial charge in [0.15, 0.2) is 10.7 Å². The molecule has 0 aliphatic carbocycles. The molecule has 0 aliphatic rings. The highest BCUT2D eigenvalue weighted by Crippen LogP contribution is 2.42. The van der Waals surface area contributed by atoms with Gasteiger partial charge in [-0.15, -0.1) is 11.3 Å². The van der Waals surface area contributed by atoms with Gasteiger partial charge in [0.1, 0.15) is 16.6 Å². The lowest BCUT2D eigenvalue weighted by atomic mass is 10.1. The van der Waals surface area contributed by atoms with Crippen molar-refractivity contribution in [2.45, 2.75) is 11.8 Å². The number of thiazole rings is 1. The maximum absolute atomic E-state index is 15.8. The normalized spacial score (nSPS) is 11.5. The van der Waals surface area contributed by atoms with E-state index in [4.69, 9.17) is 5.73 Å². The van der Waals surface area contributed by atoms with Crippen LogP contribution in [0.25, 0.3) is 32.4 Å². The number of nitrogens with two attached hydrogens (primary N) is 1. The predicted molar refractivity (Wildman–Crippen MR) is 140 cm³/mol. The Morgan fingerprint density at radius 1 is 0.921 bits per heavy atom. The molecule has 3 N–H and O–H groups in total. The van der Waals surface area contributed by atoms with E-state index >= 15 is 4.39 Å². The molecule has 2 heterocycles. The molecule has 38 heavy (non-hydrogen) atoms. The van der Waals surface area contributed by atoms with Crippen LogP contribution in [-0.2, 0) is 10.0 Å². The van der Waals surface area contributed by atoms with E-state index in [1.165, 1.54) is 36.6 Å². The SMILES string of the molecule is Cc1cc(F)c(S(=O)(=O)Nc2cccc(-c3nc(-c4ccccc4)sc3-c3ccnc(N)n3)c2F)c(F)c1. The Balaban J connectivity index is 1.63. The lowest BCUT2D eigenvalue weighted by molar-refractivity contribution is 0.519. The van der Waals surface area contributed by atoms with Crippen molar-refractivity contribution in [2.75, 3.05) is 10.5 Å². The summed E-state index contributed by atoms with van der Waals surface area (Å²) in [7, 11) is -4.81. The van der Waals surface area contributed by atoms with E-state index < -0.39 is 38.1 Å². The van der Waals surface area contributed by atoms with Crippen LogP contribution in [0.3, 0.4) is 0 Å². The van der Waals surface area contributed by atoms with Crippen LogP contribution in [0.5, 0.6) is 0 Å². The molecule has 5 aromatic rings. The van der Waals surface area contributed by atoms with Gasteiger partial charge in [0.05, 0.1) is 22.0 Å². The van der Waals surface area contributed by atoms with E-state index in [0.29, 0.717) is 15.6 Å². The molecule has 0 saturated carbocycles. The fraction of sp³-hybridized carbons (Fsp3) is 0.0385. The summed E-state index contributed by atoms with van der Waals surface area (Å²) in [5.41, 5.74) is 6.74. The zero-order chi connectivity index (χ0) is 27.0. The molecule has 0 atom stereocenters. The zero-order valence-corrected chi connectivity index (χ0v) is 21.2. The second kappa shape index (κ2) is 9.88. The van der Waals surface area contributed by atoms with Gasteiger partial charge in [-0.2, -0.15) is 0 Å². The zero-order valence-electron chi connectivity index (χ0n) is 19.6. The van der Waals surface area contributed by atoms with E-state index in [1.54, 1.807) is 6.07 Å². The number of hydrogen-bond donors (Lipinski definition) is 2. The van der Waals surface area contributed by atoms with Crippen molar-refractivity contribution in [3.8, 4) is 32.4 Å². The van der Waals surface area contributed by atoms with Crippen molar-refractivity contribution in [1.82, 2.24) is 15.0 Å². The molecular formula is C26H18F3N5O2S2. The molecule has 192 valence electrons. The van der Waals surface area contributed by atoms with Gasteiger partial charge in [-0.3, -0.25) is 4.72 Å². The van der Waals surface area contributed by atoms with Gasteiger partial charge >= 0.3 is 0 Å². The molecule has 2 aromatic heterocycles. The number of sulfonamides is 1. The number of hydrogen-bond acceptors (Lipinski definition) is 7. The third kappa shape index (κ3) is 4.83. The van der Waals surface area contributed by atoms with Crippen LogP contribution in [0, 0.1) is 24.4 Å². The summed E-state index contributed by atoms with van der Waals surface area (Å²) < 4.78 is 72.4. The fourth-order valence-electron chi connectivity index (χ4n) is 3.81. The molecular weight excluding hydrogens is 535 g/mol. The Kier molecular flexibility index (Phi) is 6.59. The fourth-order valence-corrected chi connectivity index (χ4v) is 6.05. The third-order valence-electron chi connectivity index (χ3n) is 5.46. The highest BCUT2D eigenvalue weighted by atomic mass is 32.2. The average molecular weight is 554 g/mol. The smallest absolute Gasteiger partial charge is 0.267 e. The van der Waals surface area contributed by atoms with Crippen LogP contribution >= 0.6 is 11.3 Å². The van der Waals surface area contributed by atoms with E-state index in [2.05, 4.69) is 15.0 Å². The molecule has 0 radical (unpaired) electrons. The largest absolute Gasteiger partial charge is 0.368 e. The number of halogens is 3. The lowest BCUT2D eigenvalue weighted by Gasteiger charge is -2.13. The first-order chi connectivity index (χ1) is 18.1. The molecule has 0 amide bonds. The Morgan fingerprint density at radius 3 is 2.32 bits per heavy atom. The second-order valence-electron chi connectivity index (χ2n) is 8.19. The summed E-state index contributed by atoms with van der Waals surface area (Å²) in [6.07, 6.45) is 1.45. The van der Waals surface area contributed by atoms with Gasteiger partial charge in [-0.05, 0) is 42.8 Å². The predicted octanol–water partition coefficient (Wildman–Crippen LogP) is 6.04. The van der Waals surface area contributed by atoms with Crippen LogP contribution in [0.2, 0.25) is 0 Å². The minimum atomic E-state index is -4.81. The third-order valence-corrected chi connectivity index (χ3v) is 8.01. The van der Waals surface area contributed by atoms with Crippen LogP contribution in [0.15, 0.2) is 77.8 Å². The highest BCUT2D eigenvalue weighted by molar-refractivity contribution is 7.92. The van der Waals surface area contributed by atoms with Gasteiger partial charge in [0.25, 0.3) is 10.0 Å². The Labute approximate surface area is 219 Å². The van der Waals surface area contributed by atoms with Crippen molar-refractivity contribution in [1.29, 1.82) is 0 Å². The first-order valence-electron chi connectivity index (χ1n) is 11.1. The molecule has 0 saturated heterocycles. The first kappa shape index (κ1) is 25.4. The number of aromatic nitrogens is 3. The summed E-state index contributed by atoms with van der Waals surface area (Å²) in [6.45, 7) is 1.42. The van der Waals surface area contributed by atoms with Gasteiger partial charge in [0, 0.05) is 17.3 Å². The van der Waals surface area contributed by atoms with Crippen molar-refractivity contribution < 1.29 is 21.6 Å². The lowest BCUT2D eigenvalue weighted by Crippen LogP contribution is -2.17. The highest BCUT2D eigenvalue weighted by Gasteiger charge is 2.27. The topological polar surface area (TPSA) is 111 Å². The van der Waals surface area contributed by atoms with Gasteiger partial charge in [-0.1, -0.05) is 36.4 Å². The van der Waals surface area contributed by atoms with Gasteiger partial charge in [0.2, 0.25) is 5.95 Å². The number of aryl methyl sites for hydroxylation is 1. The summed E-state index contributed by atoms with van der Waals surface area (Å²) in [5.74, 6) is -3.56. The maximum Gasteiger partial charge on any atom is 0.267 e. The standard InChI is InChI=1S/C26H18F3N5O2S2/c1-14-12-17(27)24(18(28)13-14)38(35,36)34-19-9-5-8-16(21(19)29)22-23(20-10-11-31-26(30)32-20)37-25(33-22)15-6-3-2-4-7-15/h2-13,34H,1H3,(H2,30,31,32). The molecule has 0 bridgehead atoms. The molecule has 0 unspecified atom stereocenters. The van der Waals surface area contributed by atoms with Crippen molar-refractivity contribution in [2.24, 2.45) is 0 Å². The van der Waals surface area contributed by atoms with Gasteiger partial charge < -0.3 is 5.73 Å². The quantitative estimate of drug-likeness (QED) is 0.265. The van der Waals surface area contributed by atoms with Crippen LogP contribution in [0.1, 0.15) is 5.56 Å². The van der Waals surface area contributed by atoms with E-state index in [-0.39, 0.29) is 22.8 Å². The number of nitrogens with zero attached hydrogens (tertiary/aromatic N) is 3. The van der Waals surface area contributed by atoms with Gasteiger partial charge in [-0.25, -0.2) is 36.5 Å². The van der Waals surface area contributed by atoms with Crippen molar-refractivity contribution >= 4 is 33.0 Å². The molecule has 3 aromatic carbocycles. The minimum absolute atomic E-state index is 0.00671. The molecule has 0 aliphatic heterocycles. The van der Waals surface area contributed by atoms with Crippen molar-refractivity contribution in [3.05, 3.63) is 95.9 Å². The number of benzene rings is 3. The van der Waals surface area contributed by atoms with Crippen molar-refractivity contribution in [3.63, 3.8) is 0 Å². The summed E-state index contributed by atoms with van der Waals surface area (Å²) >= 11 is 1.24. The molecule has 12 heteroatoms. The molecule has 5 rings (SSSR count). The number of rotatable bonds is 6.